The fourth-order valence-corrected chi connectivity index (χ4v) is 6.77. The number of hydrogen-bond acceptors (Lipinski definition) is 9. The van der Waals surface area contributed by atoms with Gasteiger partial charge >= 0.3 is 0 Å². The zero-order valence-corrected chi connectivity index (χ0v) is 23.6. The van der Waals surface area contributed by atoms with Gasteiger partial charge in [0.05, 0.1) is 31.2 Å². The van der Waals surface area contributed by atoms with Crippen molar-refractivity contribution in [2.24, 2.45) is 0 Å². The molecule has 0 bridgehead atoms. The van der Waals surface area contributed by atoms with E-state index in [0.29, 0.717) is 26.5 Å². The number of rotatable bonds is 8. The van der Waals surface area contributed by atoms with E-state index in [9.17, 15) is 15.6 Å². The molecule has 0 aliphatic heterocycles. The number of aliphatic hydroxyl groups excluding tert-OH is 1. The van der Waals surface area contributed by atoms with Crippen LogP contribution in [-0.2, 0) is 0 Å². The predicted octanol–water partition coefficient (Wildman–Crippen LogP) is 8.56. The largest absolute Gasteiger partial charge is 0.510 e. The first kappa shape index (κ1) is 26.5. The first-order chi connectivity index (χ1) is 19.0. The lowest BCUT2D eigenvalue weighted by Crippen LogP contribution is -2.03. The molecule has 192 valence electrons. The van der Waals surface area contributed by atoms with E-state index < -0.39 is 0 Å². The van der Waals surface area contributed by atoms with Gasteiger partial charge in [0.15, 0.2) is 0 Å². The standard InChI is InChI=1S/C30H23N5OS3/c1-18(2)19-11-13-20(14-12-19)33-28(22(16-32)30-35-24-8-4-6-10-27(24)39-30)37-17-25(36)21(15-31)29-34-23-7-3-5-9-26(23)38-29/h3-14,18,33,36H,17H2,1-2H3/b25-21-,28-22-. The van der Waals surface area contributed by atoms with Gasteiger partial charge in [0.25, 0.3) is 0 Å². The number of fused-ring (bicyclic) bond motifs is 2. The Kier molecular flexibility index (Phi) is 7.94. The number of nitriles is 2. The van der Waals surface area contributed by atoms with Crippen molar-refractivity contribution in [3.05, 3.63) is 99.2 Å². The summed E-state index contributed by atoms with van der Waals surface area (Å²) in [6.07, 6.45) is 0. The fraction of sp³-hybridized carbons (Fsp3) is 0.133. The van der Waals surface area contributed by atoms with Crippen LogP contribution in [0.3, 0.4) is 0 Å². The number of nitrogens with one attached hydrogen (secondary N) is 1. The van der Waals surface area contributed by atoms with Gasteiger partial charge in [-0.25, -0.2) is 9.97 Å². The zero-order chi connectivity index (χ0) is 27.4. The number of benzene rings is 3. The van der Waals surface area contributed by atoms with Crippen LogP contribution >= 0.6 is 34.4 Å². The Balaban J connectivity index is 1.51. The van der Waals surface area contributed by atoms with Crippen molar-refractivity contribution in [3.63, 3.8) is 0 Å². The smallest absolute Gasteiger partial charge is 0.138 e. The average Bonchev–Trinajstić information content (AvgIpc) is 3.57. The molecule has 0 saturated carbocycles. The third-order valence-electron chi connectivity index (χ3n) is 5.94. The number of para-hydroxylation sites is 2. The van der Waals surface area contributed by atoms with Gasteiger partial charge < -0.3 is 10.4 Å². The minimum absolute atomic E-state index is 0.0707. The van der Waals surface area contributed by atoms with Crippen LogP contribution < -0.4 is 5.32 Å². The van der Waals surface area contributed by atoms with Gasteiger partial charge in [-0.05, 0) is 47.9 Å². The van der Waals surface area contributed by atoms with E-state index in [1.807, 2.05) is 60.7 Å². The minimum atomic E-state index is -0.0994. The van der Waals surface area contributed by atoms with Crippen molar-refractivity contribution in [3.8, 4) is 12.1 Å². The first-order valence-electron chi connectivity index (χ1n) is 12.1. The van der Waals surface area contributed by atoms with Gasteiger partial charge in [0.2, 0.25) is 0 Å². The molecule has 0 unspecified atom stereocenters. The Bertz CT molecular complexity index is 1730. The highest BCUT2D eigenvalue weighted by Gasteiger charge is 2.19. The third-order valence-corrected chi connectivity index (χ3v) is 9.06. The number of thioether (sulfide) groups is 1. The van der Waals surface area contributed by atoms with Crippen LogP contribution in [0, 0.1) is 22.7 Å². The van der Waals surface area contributed by atoms with Crippen LogP contribution in [-0.4, -0.2) is 20.8 Å². The number of anilines is 1. The number of nitrogens with zero attached hydrogens (tertiary/aromatic N) is 4. The molecule has 2 N–H and O–H groups in total. The zero-order valence-electron chi connectivity index (χ0n) is 21.2. The molecule has 5 rings (SSSR count). The number of aliphatic hydroxyl groups is 1. The maximum Gasteiger partial charge on any atom is 0.138 e. The van der Waals surface area contributed by atoms with Crippen LogP contribution in [0.5, 0.6) is 0 Å². The lowest BCUT2D eigenvalue weighted by molar-refractivity contribution is 0.421. The van der Waals surface area contributed by atoms with E-state index >= 15 is 0 Å². The molecule has 3 aromatic carbocycles. The molecule has 9 heteroatoms. The summed E-state index contributed by atoms with van der Waals surface area (Å²) in [5.74, 6) is 0.369. The monoisotopic (exact) mass is 565 g/mol. The van der Waals surface area contributed by atoms with E-state index in [-0.39, 0.29) is 17.1 Å². The molecule has 2 aromatic heterocycles. The number of aromatic nitrogens is 2. The highest BCUT2D eigenvalue weighted by atomic mass is 32.2. The maximum atomic E-state index is 11.0. The molecule has 0 radical (unpaired) electrons. The van der Waals surface area contributed by atoms with E-state index in [0.717, 1.165) is 26.1 Å². The molecule has 0 spiro atoms. The topological polar surface area (TPSA) is 106 Å². The molecule has 0 saturated heterocycles. The van der Waals surface area contributed by atoms with Crippen LogP contribution in [0.25, 0.3) is 31.6 Å². The van der Waals surface area contributed by atoms with Crippen molar-refractivity contribution in [1.29, 1.82) is 10.5 Å². The summed E-state index contributed by atoms with van der Waals surface area (Å²) in [5, 5.41) is 36.0. The number of allylic oxidation sites excluding steroid dienone is 2. The van der Waals surface area contributed by atoms with Crippen molar-refractivity contribution in [1.82, 2.24) is 9.97 Å². The summed E-state index contributed by atoms with van der Waals surface area (Å²) in [4.78, 5) is 9.21. The summed E-state index contributed by atoms with van der Waals surface area (Å²) in [7, 11) is 0. The Morgan fingerprint density at radius 1 is 0.846 bits per heavy atom. The quantitative estimate of drug-likeness (QED) is 0.143. The Hall–Kier alpha value is -4.15. The summed E-state index contributed by atoms with van der Waals surface area (Å²) in [6.45, 7) is 4.27. The molecule has 0 amide bonds. The molecule has 0 aliphatic rings. The number of hydrogen-bond donors (Lipinski definition) is 2. The summed E-state index contributed by atoms with van der Waals surface area (Å²) in [6, 6.07) is 27.8. The Morgan fingerprint density at radius 3 is 1.90 bits per heavy atom. The van der Waals surface area contributed by atoms with E-state index in [1.54, 1.807) is 0 Å². The van der Waals surface area contributed by atoms with Gasteiger partial charge in [-0.2, -0.15) is 10.5 Å². The molecule has 6 nitrogen and oxygen atoms in total. The van der Waals surface area contributed by atoms with E-state index in [4.69, 9.17) is 0 Å². The molecule has 2 heterocycles. The molecule has 5 aromatic rings. The highest BCUT2D eigenvalue weighted by Crippen LogP contribution is 2.35. The molecular weight excluding hydrogens is 543 g/mol. The molecule has 0 fully saturated rings. The summed E-state index contributed by atoms with van der Waals surface area (Å²) < 4.78 is 1.92. The summed E-state index contributed by atoms with van der Waals surface area (Å²) in [5.41, 5.74) is 4.12. The Labute approximate surface area is 238 Å². The van der Waals surface area contributed by atoms with Crippen LogP contribution in [0.4, 0.5) is 5.69 Å². The van der Waals surface area contributed by atoms with Crippen molar-refractivity contribution >= 4 is 71.7 Å². The highest BCUT2D eigenvalue weighted by molar-refractivity contribution is 8.03. The van der Waals surface area contributed by atoms with Gasteiger partial charge in [0, 0.05) is 5.69 Å². The minimum Gasteiger partial charge on any atom is -0.510 e. The second-order valence-corrected chi connectivity index (χ2v) is 12.0. The van der Waals surface area contributed by atoms with Gasteiger partial charge in [-0.1, -0.05) is 62.0 Å². The van der Waals surface area contributed by atoms with Crippen LogP contribution in [0.2, 0.25) is 0 Å². The normalized spacial score (nSPS) is 12.6. The van der Waals surface area contributed by atoms with Crippen LogP contribution in [0.15, 0.2) is 83.6 Å². The summed E-state index contributed by atoms with van der Waals surface area (Å²) >= 11 is 4.05. The second kappa shape index (κ2) is 11.7. The Morgan fingerprint density at radius 2 is 1.38 bits per heavy atom. The maximum absolute atomic E-state index is 11.0. The van der Waals surface area contributed by atoms with E-state index in [2.05, 4.69) is 53.4 Å². The van der Waals surface area contributed by atoms with E-state index in [1.165, 1.54) is 40.0 Å². The SMILES string of the molecule is CC(C)c1ccc(N/C(SC/C(O)=C(\C#N)c2nc3ccccc3s2)=C(\C#N)c2nc3ccccc3s2)cc1. The molecular formula is C30H23N5OS3. The van der Waals surface area contributed by atoms with Crippen molar-refractivity contribution in [2.45, 2.75) is 19.8 Å². The molecule has 0 aliphatic carbocycles. The van der Waals surface area contributed by atoms with Gasteiger partial charge in [-0.15, -0.1) is 22.7 Å². The predicted molar refractivity (Wildman–Crippen MR) is 164 cm³/mol. The lowest BCUT2D eigenvalue weighted by atomic mass is 10.0. The first-order valence-corrected chi connectivity index (χ1v) is 14.8. The van der Waals surface area contributed by atoms with Gasteiger partial charge in [-0.3, -0.25) is 0 Å². The van der Waals surface area contributed by atoms with Crippen molar-refractivity contribution < 1.29 is 5.11 Å². The molecule has 0 atom stereocenters. The fourth-order valence-electron chi connectivity index (χ4n) is 3.86. The lowest BCUT2D eigenvalue weighted by Gasteiger charge is -2.14. The third kappa shape index (κ3) is 5.81. The average molecular weight is 566 g/mol. The molecule has 39 heavy (non-hydrogen) atoms. The van der Waals surface area contributed by atoms with Gasteiger partial charge in [0.1, 0.15) is 39.1 Å². The van der Waals surface area contributed by atoms with Crippen LogP contribution in [0.1, 0.15) is 35.3 Å². The second-order valence-electron chi connectivity index (χ2n) is 8.91. The van der Waals surface area contributed by atoms with Crippen molar-refractivity contribution in [2.75, 3.05) is 11.1 Å². The number of thiazole rings is 2.